The van der Waals surface area contributed by atoms with E-state index >= 15 is 0 Å². The molecule has 2 aromatic carbocycles. The monoisotopic (exact) mass is 439 g/mol. The first-order valence-corrected chi connectivity index (χ1v) is 11.0. The molecule has 2 amide bonds. The first-order valence-electron chi connectivity index (χ1n) is 11.0. The number of nitrogens with one attached hydrogen (secondary N) is 2. The van der Waals surface area contributed by atoms with Crippen LogP contribution in [0.15, 0.2) is 42.5 Å². The van der Waals surface area contributed by atoms with Crippen LogP contribution in [-0.2, 0) is 4.79 Å². The molecule has 32 heavy (non-hydrogen) atoms. The molecule has 2 N–H and O–H groups in total. The van der Waals surface area contributed by atoms with Crippen LogP contribution in [0, 0.1) is 11.8 Å². The Morgan fingerprint density at radius 3 is 2.16 bits per heavy atom. The number of carbonyl (C=O) groups is 2. The van der Waals surface area contributed by atoms with Crippen molar-refractivity contribution in [2.75, 3.05) is 37.5 Å². The van der Waals surface area contributed by atoms with Gasteiger partial charge in [0.25, 0.3) is 5.91 Å². The average Bonchev–Trinajstić information content (AvgIpc) is 3.23. The van der Waals surface area contributed by atoms with Crippen LogP contribution in [0.4, 0.5) is 11.4 Å². The molecule has 0 saturated carbocycles. The second-order valence-electron chi connectivity index (χ2n) is 8.67. The summed E-state index contributed by atoms with van der Waals surface area (Å²) in [4.78, 5) is 28.2. The maximum Gasteiger partial charge on any atom is 0.252 e. The number of anilines is 2. The van der Waals surface area contributed by atoms with E-state index in [0.29, 0.717) is 28.7 Å². The summed E-state index contributed by atoms with van der Waals surface area (Å²) in [6, 6.07) is 12.1. The van der Waals surface area contributed by atoms with Crippen molar-refractivity contribution in [3.05, 3.63) is 48.0 Å². The maximum absolute atomic E-state index is 13.0. The number of hydrogen-bond donors (Lipinski definition) is 2. The highest BCUT2D eigenvalue weighted by molar-refractivity contribution is 6.01. The fourth-order valence-corrected chi connectivity index (χ4v) is 3.84. The number of benzene rings is 2. The van der Waals surface area contributed by atoms with Crippen LogP contribution in [-0.4, -0.2) is 45.2 Å². The molecule has 0 spiro atoms. The average molecular weight is 440 g/mol. The summed E-state index contributed by atoms with van der Waals surface area (Å²) < 4.78 is 10.5. The summed E-state index contributed by atoms with van der Waals surface area (Å²) in [5.41, 5.74) is 2.23. The second kappa shape index (κ2) is 10.4. The van der Waals surface area contributed by atoms with E-state index in [1.807, 2.05) is 38.1 Å². The van der Waals surface area contributed by atoms with Crippen molar-refractivity contribution in [2.45, 2.75) is 33.2 Å². The van der Waals surface area contributed by atoms with Gasteiger partial charge in [-0.15, -0.1) is 0 Å². The van der Waals surface area contributed by atoms with E-state index in [1.165, 1.54) is 20.6 Å². The molecule has 1 saturated heterocycles. The van der Waals surface area contributed by atoms with Gasteiger partial charge in [0.15, 0.2) is 0 Å². The first-order chi connectivity index (χ1) is 15.3. The zero-order valence-corrected chi connectivity index (χ0v) is 19.5. The van der Waals surface area contributed by atoms with E-state index in [0.717, 1.165) is 18.8 Å². The summed E-state index contributed by atoms with van der Waals surface area (Å²) >= 11 is 0. The first kappa shape index (κ1) is 23.4. The summed E-state index contributed by atoms with van der Waals surface area (Å²) in [6.45, 7) is 8.17. The largest absolute Gasteiger partial charge is 0.497 e. The minimum absolute atomic E-state index is 0.100. The minimum atomic E-state index is -0.696. The Morgan fingerprint density at radius 2 is 1.66 bits per heavy atom. The molecule has 0 aliphatic carbocycles. The molecule has 2 atom stereocenters. The standard InChI is InChI=1S/C25H33N3O4/c1-16(2)23(27-24(29)18-12-21(31-4)14-22(13-18)32-5)25(30)26-19-6-8-20(9-7-19)28-11-10-17(3)15-28/h6-9,12-14,16-17,23H,10-11,15H2,1-5H3,(H,26,30)(H,27,29). The molecule has 2 unspecified atom stereocenters. The molecule has 1 aliphatic rings. The van der Waals surface area contributed by atoms with Crippen molar-refractivity contribution in [1.29, 1.82) is 0 Å². The van der Waals surface area contributed by atoms with Gasteiger partial charge in [-0.1, -0.05) is 20.8 Å². The second-order valence-corrected chi connectivity index (χ2v) is 8.67. The molecular weight excluding hydrogens is 406 g/mol. The van der Waals surface area contributed by atoms with Gasteiger partial charge in [-0.25, -0.2) is 0 Å². The van der Waals surface area contributed by atoms with Gasteiger partial charge in [0.2, 0.25) is 5.91 Å². The third kappa shape index (κ3) is 5.72. The highest BCUT2D eigenvalue weighted by Crippen LogP contribution is 2.25. The highest BCUT2D eigenvalue weighted by Gasteiger charge is 2.25. The molecule has 1 fully saturated rings. The maximum atomic E-state index is 13.0. The fourth-order valence-electron chi connectivity index (χ4n) is 3.84. The lowest BCUT2D eigenvalue weighted by molar-refractivity contribution is -0.118. The Bertz CT molecular complexity index is 920. The van der Waals surface area contributed by atoms with Crippen molar-refractivity contribution in [3.63, 3.8) is 0 Å². The smallest absolute Gasteiger partial charge is 0.252 e. The van der Waals surface area contributed by atoms with Gasteiger partial charge in [-0.2, -0.15) is 0 Å². The van der Waals surface area contributed by atoms with E-state index in [2.05, 4.69) is 22.5 Å². The normalized spacial score (nSPS) is 16.6. The van der Waals surface area contributed by atoms with E-state index < -0.39 is 6.04 Å². The van der Waals surface area contributed by atoms with Crippen molar-refractivity contribution in [1.82, 2.24) is 5.32 Å². The van der Waals surface area contributed by atoms with Crippen LogP contribution in [0.3, 0.4) is 0 Å². The molecule has 0 aromatic heterocycles. The van der Waals surface area contributed by atoms with Gasteiger partial charge in [-0.3, -0.25) is 9.59 Å². The Labute approximate surface area is 190 Å². The van der Waals surface area contributed by atoms with Crippen molar-refractivity contribution >= 4 is 23.2 Å². The van der Waals surface area contributed by atoms with Gasteiger partial charge in [-0.05, 0) is 54.7 Å². The van der Waals surface area contributed by atoms with E-state index in [1.54, 1.807) is 18.2 Å². The summed E-state index contributed by atoms with van der Waals surface area (Å²) in [7, 11) is 3.05. The molecule has 1 aliphatic heterocycles. The quantitative estimate of drug-likeness (QED) is 0.651. The van der Waals surface area contributed by atoms with E-state index in [4.69, 9.17) is 9.47 Å². The number of rotatable bonds is 8. The van der Waals surface area contributed by atoms with E-state index in [9.17, 15) is 9.59 Å². The van der Waals surface area contributed by atoms with E-state index in [-0.39, 0.29) is 17.7 Å². The molecule has 172 valence electrons. The molecule has 0 radical (unpaired) electrons. The number of ether oxygens (including phenoxy) is 2. The number of nitrogens with zero attached hydrogens (tertiary/aromatic N) is 1. The third-order valence-corrected chi connectivity index (χ3v) is 5.77. The van der Waals surface area contributed by atoms with Crippen molar-refractivity contribution < 1.29 is 19.1 Å². The van der Waals surface area contributed by atoms with Crippen LogP contribution in [0.2, 0.25) is 0 Å². The lowest BCUT2D eigenvalue weighted by Gasteiger charge is -2.22. The van der Waals surface area contributed by atoms with Crippen LogP contribution in [0.5, 0.6) is 11.5 Å². The topological polar surface area (TPSA) is 79.9 Å². The van der Waals surface area contributed by atoms with Gasteiger partial charge in [0.1, 0.15) is 17.5 Å². The Hall–Kier alpha value is -3.22. The van der Waals surface area contributed by atoms with Crippen LogP contribution < -0.4 is 25.0 Å². The molecule has 7 nitrogen and oxygen atoms in total. The Kier molecular flexibility index (Phi) is 7.62. The summed E-state index contributed by atoms with van der Waals surface area (Å²) in [5, 5.41) is 5.78. The minimum Gasteiger partial charge on any atom is -0.497 e. The number of hydrogen-bond acceptors (Lipinski definition) is 5. The summed E-state index contributed by atoms with van der Waals surface area (Å²) in [5.74, 6) is 0.992. The van der Waals surface area contributed by atoms with Crippen molar-refractivity contribution in [2.24, 2.45) is 11.8 Å². The molecule has 1 heterocycles. The number of methoxy groups -OCH3 is 2. The zero-order valence-electron chi connectivity index (χ0n) is 19.5. The fraction of sp³-hybridized carbons (Fsp3) is 0.440. The Morgan fingerprint density at radius 1 is 1.03 bits per heavy atom. The molecule has 3 rings (SSSR count). The SMILES string of the molecule is COc1cc(OC)cc(C(=O)NC(C(=O)Nc2ccc(N3CCC(C)C3)cc2)C(C)C)c1. The highest BCUT2D eigenvalue weighted by atomic mass is 16.5. The van der Waals surface area contributed by atoms with Gasteiger partial charge in [0.05, 0.1) is 14.2 Å². The van der Waals surface area contributed by atoms with Crippen molar-refractivity contribution in [3.8, 4) is 11.5 Å². The molecule has 2 aromatic rings. The van der Waals surface area contributed by atoms with Gasteiger partial charge < -0.3 is 25.0 Å². The molecule has 7 heteroatoms. The lowest BCUT2D eigenvalue weighted by atomic mass is 10.0. The Balaban J connectivity index is 1.67. The lowest BCUT2D eigenvalue weighted by Crippen LogP contribution is -2.47. The van der Waals surface area contributed by atoms with Crippen LogP contribution in [0.1, 0.15) is 37.6 Å². The van der Waals surface area contributed by atoms with Gasteiger partial charge in [0, 0.05) is 36.1 Å². The van der Waals surface area contributed by atoms with Crippen LogP contribution >= 0.6 is 0 Å². The number of amides is 2. The molecular formula is C25H33N3O4. The van der Waals surface area contributed by atoms with Gasteiger partial charge >= 0.3 is 0 Å². The third-order valence-electron chi connectivity index (χ3n) is 5.77. The van der Waals surface area contributed by atoms with Crippen LogP contribution in [0.25, 0.3) is 0 Å². The summed E-state index contributed by atoms with van der Waals surface area (Å²) in [6.07, 6.45) is 1.20. The molecule has 0 bridgehead atoms. The predicted octanol–water partition coefficient (Wildman–Crippen LogP) is 3.94. The predicted molar refractivity (Wildman–Crippen MR) is 127 cm³/mol. The zero-order chi connectivity index (χ0) is 23.3. The number of carbonyl (C=O) groups excluding carboxylic acids is 2.